The van der Waals surface area contributed by atoms with E-state index in [1.54, 1.807) is 25.1 Å². The molecule has 0 saturated heterocycles. The fraction of sp³-hybridized carbons (Fsp3) is 0.385. The molecule has 6 nitrogen and oxygen atoms in total. The Morgan fingerprint density at radius 1 is 1.32 bits per heavy atom. The summed E-state index contributed by atoms with van der Waals surface area (Å²) in [4.78, 5) is 22.5. The molecule has 0 saturated carbocycles. The monoisotopic (exact) mass is 265 g/mol. The lowest BCUT2D eigenvalue weighted by Gasteiger charge is -2.19. The topological polar surface area (TPSA) is 84.9 Å². The van der Waals surface area contributed by atoms with Gasteiger partial charge in [0.1, 0.15) is 13.2 Å². The minimum absolute atomic E-state index is 0.182. The van der Waals surface area contributed by atoms with E-state index in [1.807, 2.05) is 0 Å². The van der Waals surface area contributed by atoms with Crippen molar-refractivity contribution in [2.45, 2.75) is 13.0 Å². The molecule has 0 aromatic heterocycles. The fourth-order valence-electron chi connectivity index (χ4n) is 1.78. The number of nitrogens with one attached hydrogen (secondary N) is 1. The highest BCUT2D eigenvalue weighted by Gasteiger charge is 2.19. The Kier molecular flexibility index (Phi) is 4.01. The van der Waals surface area contributed by atoms with Crippen LogP contribution in [0.5, 0.6) is 11.5 Å². The maximum Gasteiger partial charge on any atom is 0.317 e. The van der Waals surface area contributed by atoms with Crippen LogP contribution in [0.25, 0.3) is 0 Å². The van der Waals surface area contributed by atoms with E-state index in [4.69, 9.17) is 14.6 Å². The summed E-state index contributed by atoms with van der Waals surface area (Å²) in [7, 11) is 0. The molecule has 1 unspecified atom stereocenters. The molecule has 1 atom stereocenters. The number of ketones is 1. The van der Waals surface area contributed by atoms with Gasteiger partial charge in [-0.2, -0.15) is 0 Å². The number of carbonyl (C=O) groups excluding carboxylic acids is 1. The van der Waals surface area contributed by atoms with Crippen molar-refractivity contribution < 1.29 is 24.2 Å². The largest absolute Gasteiger partial charge is 0.486 e. The first-order valence-corrected chi connectivity index (χ1v) is 5.97. The number of benzene rings is 1. The van der Waals surface area contributed by atoms with Crippen LogP contribution in [0.3, 0.4) is 0 Å². The third-order valence-electron chi connectivity index (χ3n) is 2.78. The van der Waals surface area contributed by atoms with Crippen molar-refractivity contribution >= 4 is 11.8 Å². The van der Waals surface area contributed by atoms with Crippen molar-refractivity contribution in [2.75, 3.05) is 19.8 Å². The van der Waals surface area contributed by atoms with Crippen LogP contribution in [0, 0.1) is 0 Å². The number of ether oxygens (including phenoxy) is 2. The average Bonchev–Trinajstić information content (AvgIpc) is 2.43. The summed E-state index contributed by atoms with van der Waals surface area (Å²) >= 11 is 0. The summed E-state index contributed by atoms with van der Waals surface area (Å²) in [6, 6.07) is 4.38. The molecule has 0 fully saturated rings. The number of rotatable bonds is 5. The summed E-state index contributed by atoms with van der Waals surface area (Å²) in [6.45, 7) is 2.33. The van der Waals surface area contributed by atoms with Crippen molar-refractivity contribution in [1.82, 2.24) is 5.32 Å². The lowest BCUT2D eigenvalue weighted by atomic mass is 10.0. The van der Waals surface area contributed by atoms with Gasteiger partial charge in [0.05, 0.1) is 12.6 Å². The maximum absolute atomic E-state index is 12.1. The molecule has 19 heavy (non-hydrogen) atoms. The van der Waals surface area contributed by atoms with Gasteiger partial charge in [-0.05, 0) is 25.1 Å². The molecule has 6 heteroatoms. The highest BCUT2D eigenvalue weighted by atomic mass is 16.6. The molecule has 0 bridgehead atoms. The molecule has 1 heterocycles. The van der Waals surface area contributed by atoms with Gasteiger partial charge in [-0.3, -0.25) is 14.9 Å². The predicted octanol–water partition coefficient (Wildman–Crippen LogP) is 0.703. The highest BCUT2D eigenvalue weighted by Crippen LogP contribution is 2.31. The Balaban J connectivity index is 2.08. The quantitative estimate of drug-likeness (QED) is 0.762. The summed E-state index contributed by atoms with van der Waals surface area (Å²) in [5.74, 6) is -0.0171. The van der Waals surface area contributed by atoms with Crippen molar-refractivity contribution in [3.63, 3.8) is 0 Å². The summed E-state index contributed by atoms with van der Waals surface area (Å²) < 4.78 is 10.8. The molecule has 1 aliphatic heterocycles. The van der Waals surface area contributed by atoms with Gasteiger partial charge in [0, 0.05) is 5.56 Å². The Morgan fingerprint density at radius 3 is 2.68 bits per heavy atom. The number of fused-ring (bicyclic) bond motifs is 1. The van der Waals surface area contributed by atoms with Gasteiger partial charge in [0.2, 0.25) is 0 Å². The lowest BCUT2D eigenvalue weighted by molar-refractivity contribution is -0.136. The van der Waals surface area contributed by atoms with E-state index in [9.17, 15) is 9.59 Å². The summed E-state index contributed by atoms with van der Waals surface area (Å²) in [5, 5.41) is 11.2. The first-order chi connectivity index (χ1) is 9.08. The lowest BCUT2D eigenvalue weighted by Crippen LogP contribution is -2.37. The Bertz CT molecular complexity index is 500. The standard InChI is InChI=1S/C13H15NO5/c1-8(14-7-12(15)16)13(17)9-2-3-10-11(6-9)19-5-4-18-10/h2-3,6,8,14H,4-5,7H2,1H3,(H,15,16). The number of hydrogen-bond acceptors (Lipinski definition) is 5. The van der Waals surface area contributed by atoms with E-state index in [0.717, 1.165) is 0 Å². The number of carbonyl (C=O) groups is 2. The zero-order chi connectivity index (χ0) is 13.8. The average molecular weight is 265 g/mol. The smallest absolute Gasteiger partial charge is 0.317 e. The minimum Gasteiger partial charge on any atom is -0.486 e. The van der Waals surface area contributed by atoms with E-state index in [-0.39, 0.29) is 12.3 Å². The second-order valence-electron chi connectivity index (χ2n) is 4.22. The van der Waals surface area contributed by atoms with Gasteiger partial charge in [0.15, 0.2) is 17.3 Å². The Labute approximate surface area is 110 Å². The van der Waals surface area contributed by atoms with Crippen LogP contribution in [-0.2, 0) is 4.79 Å². The SMILES string of the molecule is CC(NCC(=O)O)C(=O)c1ccc2c(c1)OCCO2. The normalized spacial score (nSPS) is 14.8. The van der Waals surface area contributed by atoms with Crippen LogP contribution in [0.4, 0.5) is 0 Å². The number of carboxylic acids is 1. The number of carboxylic acid groups (broad SMARTS) is 1. The van der Waals surface area contributed by atoms with E-state index in [2.05, 4.69) is 5.32 Å². The molecule has 0 amide bonds. The van der Waals surface area contributed by atoms with Crippen molar-refractivity contribution in [2.24, 2.45) is 0 Å². The fourth-order valence-corrected chi connectivity index (χ4v) is 1.78. The first kappa shape index (κ1) is 13.4. The molecular formula is C13H15NO5. The molecule has 0 radical (unpaired) electrons. The molecule has 2 rings (SSSR count). The molecule has 1 aromatic rings. The van der Waals surface area contributed by atoms with E-state index in [1.165, 1.54) is 0 Å². The van der Waals surface area contributed by atoms with E-state index >= 15 is 0 Å². The van der Waals surface area contributed by atoms with Crippen molar-refractivity contribution in [1.29, 1.82) is 0 Å². The molecule has 1 aromatic carbocycles. The molecule has 1 aliphatic rings. The minimum atomic E-state index is -0.998. The van der Waals surface area contributed by atoms with Crippen molar-refractivity contribution in [3.05, 3.63) is 23.8 Å². The van der Waals surface area contributed by atoms with E-state index in [0.29, 0.717) is 30.3 Å². The van der Waals surface area contributed by atoms with Crippen LogP contribution < -0.4 is 14.8 Å². The molecule has 0 spiro atoms. The van der Waals surface area contributed by atoms with Crippen molar-refractivity contribution in [3.8, 4) is 11.5 Å². The predicted molar refractivity (Wildman–Crippen MR) is 66.9 cm³/mol. The van der Waals surface area contributed by atoms with Crippen LogP contribution >= 0.6 is 0 Å². The molecule has 0 aliphatic carbocycles. The zero-order valence-corrected chi connectivity index (χ0v) is 10.5. The van der Waals surface area contributed by atoms with Crippen LogP contribution in [-0.4, -0.2) is 42.7 Å². The maximum atomic E-state index is 12.1. The van der Waals surface area contributed by atoms with Crippen LogP contribution in [0.15, 0.2) is 18.2 Å². The van der Waals surface area contributed by atoms with Gasteiger partial charge < -0.3 is 14.6 Å². The Hall–Kier alpha value is -2.08. The Morgan fingerprint density at radius 2 is 2.00 bits per heavy atom. The molecular weight excluding hydrogens is 250 g/mol. The second kappa shape index (κ2) is 5.71. The molecule has 102 valence electrons. The first-order valence-electron chi connectivity index (χ1n) is 5.97. The number of Topliss-reactive ketones (excluding diaryl/α,β-unsaturated/α-hetero) is 1. The number of hydrogen-bond donors (Lipinski definition) is 2. The van der Waals surface area contributed by atoms with Gasteiger partial charge in [0.25, 0.3) is 0 Å². The zero-order valence-electron chi connectivity index (χ0n) is 10.5. The van der Waals surface area contributed by atoms with Crippen LogP contribution in [0.1, 0.15) is 17.3 Å². The third kappa shape index (κ3) is 3.23. The van der Waals surface area contributed by atoms with Gasteiger partial charge in [-0.1, -0.05) is 0 Å². The van der Waals surface area contributed by atoms with E-state index < -0.39 is 12.0 Å². The number of aliphatic carboxylic acids is 1. The third-order valence-corrected chi connectivity index (χ3v) is 2.78. The van der Waals surface area contributed by atoms with Gasteiger partial charge in [-0.15, -0.1) is 0 Å². The highest BCUT2D eigenvalue weighted by molar-refractivity contribution is 6.00. The summed E-state index contributed by atoms with van der Waals surface area (Å²) in [6.07, 6.45) is 0. The van der Waals surface area contributed by atoms with Gasteiger partial charge in [-0.25, -0.2) is 0 Å². The van der Waals surface area contributed by atoms with Gasteiger partial charge >= 0.3 is 5.97 Å². The molecule has 2 N–H and O–H groups in total. The second-order valence-corrected chi connectivity index (χ2v) is 4.22. The summed E-state index contributed by atoms with van der Waals surface area (Å²) in [5.41, 5.74) is 0.467. The van der Waals surface area contributed by atoms with Crippen LogP contribution in [0.2, 0.25) is 0 Å².